The Morgan fingerprint density at radius 3 is 1.77 bits per heavy atom. The fourth-order valence-electron chi connectivity index (χ4n) is 16.2. The molecule has 3 aliphatic rings. The van der Waals surface area contributed by atoms with Gasteiger partial charge in [0.25, 0.3) is 0 Å². The number of phenolic OH excluding ortho intramolecular Hbond substituents is 1. The first-order valence-corrected chi connectivity index (χ1v) is 44.7. The number of unbranched alkanes of at least 4 members (excludes halogenated alkanes) is 2. The second-order valence-corrected chi connectivity index (χ2v) is 34.2. The summed E-state index contributed by atoms with van der Waals surface area (Å²) in [5.74, 6) is -22.7. The highest BCUT2D eigenvalue weighted by molar-refractivity contribution is 8.00. The highest BCUT2D eigenvalue weighted by atomic mass is 32.2. The van der Waals surface area contributed by atoms with E-state index >= 15 is 28.8 Å². The molecule has 0 radical (unpaired) electrons. The lowest BCUT2D eigenvalue weighted by Gasteiger charge is -2.36. The van der Waals surface area contributed by atoms with E-state index in [0.717, 1.165) is 36.3 Å². The zero-order valence-electron chi connectivity index (χ0n) is 74.3. The molecule has 5 aromatic rings. The minimum atomic E-state index is -1.97. The Kier molecular flexibility index (Phi) is 38.9. The number of nitrogens with zero attached hydrogens (tertiary/aromatic N) is 6. The lowest BCUT2D eigenvalue weighted by molar-refractivity contribution is -0.149. The lowest BCUT2D eigenvalue weighted by Crippen LogP contribution is -2.61. The van der Waals surface area contributed by atoms with E-state index in [9.17, 15) is 87.9 Å². The molecule has 3 aliphatic heterocycles. The summed E-state index contributed by atoms with van der Waals surface area (Å²) < 4.78 is 1.39. The van der Waals surface area contributed by atoms with E-state index in [-0.39, 0.29) is 63.7 Å². The van der Waals surface area contributed by atoms with Crippen LogP contribution in [0.1, 0.15) is 121 Å². The molecule has 23 N–H and O–H groups in total. The predicted octanol–water partition coefficient (Wildman–Crippen LogP) is -4.77. The third-order valence-electron chi connectivity index (χ3n) is 23.6. The number of hydrogen-bond acceptors (Lipinski definition) is 25. The summed E-state index contributed by atoms with van der Waals surface area (Å²) >= 11 is 0.728. The molecule has 132 heavy (non-hydrogen) atoms. The summed E-state index contributed by atoms with van der Waals surface area (Å²) in [6.07, 6.45) is -1.69. The number of thioether (sulfide) groups is 1. The molecule has 16 amide bonds. The molecule has 3 aromatic carbocycles. The van der Waals surface area contributed by atoms with Gasteiger partial charge in [0.15, 0.2) is 5.78 Å². The molecule has 8 rings (SSSR count). The molecule has 0 saturated carbocycles. The predicted molar refractivity (Wildman–Crippen MR) is 476 cm³/mol. The van der Waals surface area contributed by atoms with E-state index in [1.807, 2.05) is 0 Å². The van der Waals surface area contributed by atoms with Crippen LogP contribution in [0.5, 0.6) is 5.75 Å². The van der Waals surface area contributed by atoms with Crippen LogP contribution in [0.2, 0.25) is 0 Å². The molecule has 0 bridgehead atoms. The van der Waals surface area contributed by atoms with Crippen LogP contribution in [0, 0.1) is 5.92 Å². The number of carboxylic acids is 2. The van der Waals surface area contributed by atoms with Crippen LogP contribution in [-0.4, -0.2) is 328 Å². The number of aromatic hydroxyl groups is 1. The maximum Gasteiger partial charge on any atom is 0.323 e. The van der Waals surface area contributed by atoms with Gasteiger partial charge in [-0.2, -0.15) is 0 Å². The number of aliphatic carboxylic acids is 2. The molecule has 3 saturated heterocycles. The van der Waals surface area contributed by atoms with Crippen LogP contribution in [-0.2, 0) is 117 Å². The Morgan fingerprint density at radius 2 is 1.14 bits per heavy atom. The van der Waals surface area contributed by atoms with Crippen molar-refractivity contribution in [2.75, 3.05) is 72.0 Å². The van der Waals surface area contributed by atoms with Crippen LogP contribution < -0.4 is 70.8 Å². The molecule has 45 heteroatoms. The number of aliphatic hydroxyl groups is 2. The van der Waals surface area contributed by atoms with Crippen LogP contribution in [0.15, 0.2) is 85.2 Å². The maximum absolute atomic E-state index is 15.8. The second kappa shape index (κ2) is 49.2. The van der Waals surface area contributed by atoms with E-state index < -0.39 is 292 Å². The van der Waals surface area contributed by atoms with Gasteiger partial charge < -0.3 is 130 Å². The Bertz CT molecular complexity index is 5050. The standard InChI is InChI=1S/C87H120N20O24S/c1-7-9-19-65-81(125)98-61(37-89)79(123)101-63(77(121)93-39-71(91)113)44-132-45-72(114)94-57(30-47-23-25-51(109)26-24-47)83(127)102(4)46(3)75(119)96-59(35-70(90)112)86(130)106-29-15-22-66(106)82(126)99-60(36-88)78(122)95-56(27-28-73(115)116)85(129)107-41-52(110)34-68(107)69(111)33-48(31-49-38-92-55-18-13-11-16-53(49)55)76(120)100-62(43-108)80(124)97-58(84(128)104(6)67(20-10-8-2)87(131)103(65)5)32-50-40-105(42-74(117)118)64-21-14-12-17-54(50)64/h11-14,16-18,21,23-26,38,40,46,48,52,56-63,65-68,92,108-110H,7-10,15,19-20,22,27-37,39,41-45,88-89H2,1-6H3,(H2,90,112)(H2,91,113)(H,93,121)(H,94,114)(H,95,122)(H,96,119)(H,97,124)(H,98,125)(H,99,126)(H,100,120)(H,101,123)(H,115,116)(H,117,118)/t46-,48+,52+,56-,57-,58-,59-,60-,61-,62-,63-,65-,66-,67-,68-/m0/s1. The number of nitrogens with one attached hydrogen (secondary N) is 10. The molecular formula is C87H120N20O24S. The number of hydrogen-bond donors (Lipinski definition) is 19. The summed E-state index contributed by atoms with van der Waals surface area (Å²) in [6, 6.07) is -2.65. The van der Waals surface area contributed by atoms with Crippen molar-refractivity contribution in [3.05, 3.63) is 102 Å². The van der Waals surface area contributed by atoms with Crippen molar-refractivity contribution < 1.29 is 117 Å². The number of primary amides is 2. The number of ketones is 1. The average molecular weight is 1860 g/mol. The molecule has 15 atom stereocenters. The third-order valence-corrected chi connectivity index (χ3v) is 24.6. The number of aliphatic hydroxyl groups excluding tert-OH is 2. The number of nitrogens with two attached hydrogens (primary N) is 4. The summed E-state index contributed by atoms with van der Waals surface area (Å²) in [5.41, 5.74) is 25.4. The molecule has 0 unspecified atom stereocenters. The van der Waals surface area contributed by atoms with Gasteiger partial charge in [-0.1, -0.05) is 88.1 Å². The van der Waals surface area contributed by atoms with Crippen molar-refractivity contribution in [3.63, 3.8) is 0 Å². The number of carboxylic acid groups (broad SMARTS) is 2. The van der Waals surface area contributed by atoms with Gasteiger partial charge in [-0.15, -0.1) is 11.8 Å². The quantitative estimate of drug-likeness (QED) is 0.0261. The molecule has 5 heterocycles. The number of fused-ring (bicyclic) bond motifs is 4. The average Bonchev–Trinajstić information content (AvgIpc) is 1.69. The molecule has 0 aliphatic carbocycles. The largest absolute Gasteiger partial charge is 0.508 e. The molecule has 3 fully saturated rings. The number of H-pyrrole nitrogens is 1. The summed E-state index contributed by atoms with van der Waals surface area (Å²) in [6.45, 7) is 0.235. The Morgan fingerprint density at radius 1 is 0.561 bits per heavy atom. The van der Waals surface area contributed by atoms with Gasteiger partial charge in [0.05, 0.1) is 37.5 Å². The van der Waals surface area contributed by atoms with E-state index in [2.05, 4.69) is 52.8 Å². The zero-order valence-corrected chi connectivity index (χ0v) is 75.1. The lowest BCUT2D eigenvalue weighted by atomic mass is 9.90. The number of rotatable bonds is 25. The first-order valence-electron chi connectivity index (χ1n) is 43.5. The molecule has 718 valence electrons. The van der Waals surface area contributed by atoms with Gasteiger partial charge in [-0.25, -0.2) is 0 Å². The van der Waals surface area contributed by atoms with Gasteiger partial charge in [-0.05, 0) is 86.4 Å². The van der Waals surface area contributed by atoms with Gasteiger partial charge >= 0.3 is 11.9 Å². The maximum atomic E-state index is 15.8. The number of Topliss-reactive ketones (excluding diaryl/α,β-unsaturated/α-hetero) is 1. The highest BCUT2D eigenvalue weighted by Gasteiger charge is 2.47. The summed E-state index contributed by atoms with van der Waals surface area (Å²) in [4.78, 5) is 280. The number of carbonyl (C=O) groups is 19. The SMILES string of the molecule is CCCC[C@H]1C(=O)N(C)[C@@H](CCCC)C(=O)N[C@@H](CN)C(=O)N[C@H](C(=O)NCC(N)=O)CSCC(=O)N[C@@H](Cc2ccc(O)cc2)C(=O)N(C)[C@@H](C)C(=O)N[C@@H](CC(N)=O)C(=O)N2CCC[C@H]2C(=O)N[C@@H](CN)C(=O)N[C@@H](CCC(=O)O)C(=O)N2C[C@H](O)C[C@H]2C(=O)C[C@@H](Cc2c[nH]c3ccccc23)C(=O)N[C@@H](CO)C(=O)N[C@@H](Cc2cn(CC(=O)O)c3ccccc23)C(=O)N1C. The number of benzene rings is 3. The van der Waals surface area contributed by atoms with Crippen molar-refractivity contribution in [2.45, 2.75) is 215 Å². The number of amides is 16. The number of phenols is 1. The third kappa shape index (κ3) is 28.2. The van der Waals surface area contributed by atoms with Crippen molar-refractivity contribution >= 4 is 146 Å². The molecule has 44 nitrogen and oxygen atoms in total. The Hall–Kier alpha value is -13.1. The molecule has 2 aromatic heterocycles. The van der Waals surface area contributed by atoms with E-state index in [4.69, 9.17) is 22.9 Å². The minimum absolute atomic E-state index is 0.0619. The minimum Gasteiger partial charge on any atom is -0.508 e. The van der Waals surface area contributed by atoms with E-state index in [1.165, 1.54) is 63.1 Å². The fraction of sp³-hybridized carbons (Fsp3) is 0.529. The van der Waals surface area contributed by atoms with Crippen molar-refractivity contribution in [1.82, 2.24) is 81.9 Å². The van der Waals surface area contributed by atoms with E-state index in [1.54, 1.807) is 68.6 Å². The number of aromatic nitrogens is 2. The van der Waals surface area contributed by atoms with Gasteiger partial charge in [0, 0.05) is 125 Å². The highest BCUT2D eigenvalue weighted by Crippen LogP contribution is 2.30. The van der Waals surface area contributed by atoms with Crippen molar-refractivity contribution in [2.24, 2.45) is 28.9 Å². The molecular weight excluding hydrogens is 1740 g/mol. The summed E-state index contributed by atoms with van der Waals surface area (Å²) in [7, 11) is 3.73. The number of para-hydroxylation sites is 2. The first-order chi connectivity index (χ1) is 62.7. The van der Waals surface area contributed by atoms with Crippen LogP contribution in [0.3, 0.4) is 0 Å². The normalized spacial score (nSPS) is 25.1. The zero-order chi connectivity index (χ0) is 97.1. The molecule has 0 spiro atoms. The number of likely N-dealkylation sites (N-methyl/N-ethyl adjacent to an activating group) is 3. The van der Waals surface area contributed by atoms with Crippen LogP contribution >= 0.6 is 11.8 Å². The van der Waals surface area contributed by atoms with Gasteiger partial charge in [0.1, 0.15) is 84.8 Å². The van der Waals surface area contributed by atoms with Crippen LogP contribution in [0.4, 0.5) is 0 Å². The van der Waals surface area contributed by atoms with Crippen molar-refractivity contribution in [1.29, 1.82) is 0 Å². The second-order valence-electron chi connectivity index (χ2n) is 33.1. The smallest absolute Gasteiger partial charge is 0.323 e. The van der Waals surface area contributed by atoms with Gasteiger partial charge in [0.2, 0.25) is 94.5 Å². The fourth-order valence-corrected chi connectivity index (χ4v) is 17.1. The topological polar surface area (TPSA) is 675 Å². The van der Waals surface area contributed by atoms with E-state index in [0.29, 0.717) is 51.3 Å². The van der Waals surface area contributed by atoms with Crippen molar-refractivity contribution in [3.8, 4) is 5.75 Å². The number of aromatic amines is 1. The Balaban J connectivity index is 1.19. The summed E-state index contributed by atoms with van der Waals surface area (Å²) in [5, 5.41) is 76.2. The van der Waals surface area contributed by atoms with Crippen LogP contribution in [0.25, 0.3) is 21.8 Å². The monoisotopic (exact) mass is 1860 g/mol. The first kappa shape index (κ1) is 104. The number of carbonyl (C=O) groups excluding carboxylic acids is 17. The van der Waals surface area contributed by atoms with Gasteiger partial charge in [-0.3, -0.25) is 91.1 Å². The Labute approximate surface area is 764 Å².